The normalized spacial score (nSPS) is 11.4. The van der Waals surface area contributed by atoms with Crippen molar-refractivity contribution in [2.45, 2.75) is 18.7 Å². The van der Waals surface area contributed by atoms with Gasteiger partial charge in [-0.2, -0.15) is 13.5 Å². The molecule has 0 saturated carbocycles. The second-order valence-corrected chi connectivity index (χ2v) is 10.3. The first-order valence-corrected chi connectivity index (χ1v) is 13.3. The number of benzene rings is 4. The van der Waals surface area contributed by atoms with Gasteiger partial charge in [0.05, 0.1) is 17.3 Å². The molecule has 0 aliphatic heterocycles. The van der Waals surface area contributed by atoms with Gasteiger partial charge in [0.2, 0.25) is 0 Å². The van der Waals surface area contributed by atoms with Crippen LogP contribution in [0.1, 0.15) is 22.8 Å². The Hall–Kier alpha value is -2.70. The number of carbonyl (C=O) groups excluding carboxylic acids is 1. The van der Waals surface area contributed by atoms with Crippen LogP contribution in [-0.4, -0.2) is 25.5 Å². The molecule has 0 aromatic heterocycles. The van der Waals surface area contributed by atoms with Crippen molar-refractivity contribution in [1.82, 2.24) is 0 Å². The van der Waals surface area contributed by atoms with Crippen molar-refractivity contribution >= 4 is 67.1 Å². The molecule has 4 rings (SSSR count). The van der Waals surface area contributed by atoms with Crippen molar-refractivity contribution in [2.24, 2.45) is 10.2 Å². The Morgan fingerprint density at radius 1 is 1.05 bits per heavy atom. The van der Waals surface area contributed by atoms with Gasteiger partial charge in [-0.25, -0.2) is 0 Å². The molecule has 0 saturated heterocycles. The van der Waals surface area contributed by atoms with Gasteiger partial charge < -0.3 is 15.2 Å². The van der Waals surface area contributed by atoms with E-state index in [2.05, 4.69) is 15.5 Å². The molecule has 0 aliphatic carbocycles. The van der Waals surface area contributed by atoms with Crippen LogP contribution in [-0.2, 0) is 10.1 Å². The van der Waals surface area contributed by atoms with Crippen LogP contribution in [0.5, 0.6) is 11.5 Å². The van der Waals surface area contributed by atoms with E-state index in [-0.39, 0.29) is 51.5 Å². The van der Waals surface area contributed by atoms with Gasteiger partial charge in [0.15, 0.2) is 0 Å². The van der Waals surface area contributed by atoms with E-state index in [0.29, 0.717) is 39.4 Å². The van der Waals surface area contributed by atoms with Crippen LogP contribution >= 0.6 is 23.2 Å². The summed E-state index contributed by atoms with van der Waals surface area (Å²) in [6.07, 6.45) is 0. The van der Waals surface area contributed by atoms with Crippen LogP contribution in [0, 0.1) is 6.92 Å². The molecule has 0 heterocycles. The third kappa shape index (κ3) is 6.90. The van der Waals surface area contributed by atoms with Gasteiger partial charge in [-0.3, -0.25) is 9.35 Å². The number of nitrogens with one attached hydrogen (secondary N) is 1. The third-order valence-electron chi connectivity index (χ3n) is 5.47. The summed E-state index contributed by atoms with van der Waals surface area (Å²) >= 11 is 12.1. The van der Waals surface area contributed by atoms with Gasteiger partial charge in [0.25, 0.3) is 16.0 Å². The fraction of sp³-hybridized carbons (Fsp3) is 0.115. The second-order valence-electron chi connectivity index (χ2n) is 8.10. The quantitative estimate of drug-likeness (QED) is 0.189. The summed E-state index contributed by atoms with van der Waals surface area (Å²) in [4.78, 5) is 12.6. The van der Waals surface area contributed by atoms with E-state index in [0.717, 1.165) is 6.07 Å². The number of fused-ring (bicyclic) bond motifs is 1. The Kier molecular flexibility index (Phi) is 10.0. The third-order valence-corrected chi connectivity index (χ3v) is 6.86. The molecule has 196 valence electrons. The molecule has 1 amide bonds. The zero-order chi connectivity index (χ0) is 27.6. The SMILES string of the molecule is CCOc1cc(NC(=O)c2cc3ccccc3c(N=Nc3c(C)cc(Cl)cc3S(=O)(=O)O)c2[O-])ccc1Cl.[Na+]. The number of aryl methyl sites for hydroxylation is 1. The average Bonchev–Trinajstić information content (AvgIpc) is 2.85. The smallest absolute Gasteiger partial charge is 0.870 e. The summed E-state index contributed by atoms with van der Waals surface area (Å²) < 4.78 is 38.9. The minimum Gasteiger partial charge on any atom is -0.870 e. The molecule has 4 aromatic rings. The van der Waals surface area contributed by atoms with Gasteiger partial charge >= 0.3 is 29.6 Å². The van der Waals surface area contributed by atoms with Crippen molar-refractivity contribution in [3.63, 3.8) is 0 Å². The topological polar surface area (TPSA) is 140 Å². The van der Waals surface area contributed by atoms with Gasteiger partial charge in [-0.15, -0.1) is 5.11 Å². The zero-order valence-corrected chi connectivity index (χ0v) is 25.4. The van der Waals surface area contributed by atoms with Crippen molar-refractivity contribution in [3.8, 4) is 11.5 Å². The number of carbonyl (C=O) groups is 1. The molecule has 39 heavy (non-hydrogen) atoms. The zero-order valence-electron chi connectivity index (χ0n) is 21.0. The molecule has 2 N–H and O–H groups in total. The predicted molar refractivity (Wildman–Crippen MR) is 144 cm³/mol. The summed E-state index contributed by atoms with van der Waals surface area (Å²) in [7, 11) is -4.70. The second kappa shape index (κ2) is 12.6. The van der Waals surface area contributed by atoms with E-state index in [1.54, 1.807) is 43.3 Å². The van der Waals surface area contributed by atoms with Gasteiger partial charge in [0, 0.05) is 27.7 Å². The first kappa shape index (κ1) is 30.8. The Balaban J connectivity index is 0.00000420. The van der Waals surface area contributed by atoms with E-state index in [4.69, 9.17) is 27.9 Å². The Morgan fingerprint density at radius 3 is 2.44 bits per heavy atom. The summed E-state index contributed by atoms with van der Waals surface area (Å²) in [5, 5.41) is 25.5. The van der Waals surface area contributed by atoms with Crippen LogP contribution in [0.25, 0.3) is 10.8 Å². The molecule has 0 unspecified atom stereocenters. The molecule has 0 radical (unpaired) electrons. The largest absolute Gasteiger partial charge is 1.00 e. The van der Waals surface area contributed by atoms with E-state index in [1.165, 1.54) is 25.1 Å². The van der Waals surface area contributed by atoms with Crippen molar-refractivity contribution in [1.29, 1.82) is 0 Å². The minimum absolute atomic E-state index is 0. The molecular weight excluding hydrogens is 576 g/mol. The van der Waals surface area contributed by atoms with Crippen molar-refractivity contribution in [2.75, 3.05) is 11.9 Å². The average molecular weight is 596 g/mol. The molecule has 0 atom stereocenters. The van der Waals surface area contributed by atoms with Gasteiger partial charge in [0.1, 0.15) is 16.3 Å². The standard InChI is InChI=1S/C26H21Cl2N3O6S.Na/c1-3-37-21-13-17(8-9-20(21)28)29-26(33)19-11-15-6-4-5-7-18(15)24(25(19)32)31-30-23-14(2)10-16(27)12-22(23)38(34,35)36;/h4-13,32H,3H2,1-2H3,(H,29,33)(H,34,35,36);/q;+1/p-1. The Labute approximate surface area is 256 Å². The van der Waals surface area contributed by atoms with E-state index in [9.17, 15) is 22.9 Å². The van der Waals surface area contributed by atoms with Gasteiger partial charge in [-0.1, -0.05) is 53.2 Å². The number of ether oxygens (including phenoxy) is 1. The Morgan fingerprint density at radius 2 is 1.74 bits per heavy atom. The number of hydrogen-bond acceptors (Lipinski definition) is 7. The molecule has 4 aromatic carbocycles. The van der Waals surface area contributed by atoms with Crippen molar-refractivity contribution < 1.29 is 57.2 Å². The van der Waals surface area contributed by atoms with Crippen LogP contribution in [0.2, 0.25) is 10.0 Å². The van der Waals surface area contributed by atoms with Crippen LogP contribution in [0.15, 0.2) is 75.8 Å². The summed E-state index contributed by atoms with van der Waals surface area (Å²) in [6.45, 7) is 3.69. The molecule has 13 heteroatoms. The van der Waals surface area contributed by atoms with Crippen LogP contribution in [0.3, 0.4) is 0 Å². The number of hydrogen-bond donors (Lipinski definition) is 2. The molecule has 0 fully saturated rings. The van der Waals surface area contributed by atoms with Gasteiger partial charge in [-0.05, 0) is 55.1 Å². The maximum absolute atomic E-state index is 13.4. The molecular formula is C26H20Cl2N3NaO6S. The minimum atomic E-state index is -4.70. The summed E-state index contributed by atoms with van der Waals surface area (Å²) in [6, 6.07) is 15.3. The summed E-state index contributed by atoms with van der Waals surface area (Å²) in [5.41, 5.74) is 0.0591. The van der Waals surface area contributed by atoms with E-state index < -0.39 is 26.7 Å². The maximum atomic E-state index is 13.4. The monoisotopic (exact) mass is 595 g/mol. The fourth-order valence-electron chi connectivity index (χ4n) is 3.75. The number of anilines is 1. The van der Waals surface area contributed by atoms with E-state index in [1.807, 2.05) is 0 Å². The number of amides is 1. The maximum Gasteiger partial charge on any atom is 1.00 e. The van der Waals surface area contributed by atoms with E-state index >= 15 is 0 Å². The fourth-order valence-corrected chi connectivity index (χ4v) is 4.98. The molecule has 0 bridgehead atoms. The van der Waals surface area contributed by atoms with Crippen LogP contribution < -0.4 is 44.7 Å². The number of nitrogens with zero attached hydrogens (tertiary/aromatic N) is 2. The van der Waals surface area contributed by atoms with Crippen LogP contribution in [0.4, 0.5) is 17.1 Å². The molecule has 9 nitrogen and oxygen atoms in total. The van der Waals surface area contributed by atoms with Crippen molar-refractivity contribution in [3.05, 3.63) is 81.8 Å². The first-order chi connectivity index (χ1) is 18.0. The number of halogens is 2. The number of azo groups is 1. The predicted octanol–water partition coefficient (Wildman–Crippen LogP) is 3.85. The molecule has 0 aliphatic rings. The Bertz CT molecular complexity index is 1710. The molecule has 0 spiro atoms. The summed E-state index contributed by atoms with van der Waals surface area (Å²) in [5.74, 6) is -1.07. The first-order valence-electron chi connectivity index (χ1n) is 11.2. The number of rotatable bonds is 7.